The molecule has 0 amide bonds. The van der Waals surface area contributed by atoms with Gasteiger partial charge in [-0.3, -0.25) is 0 Å². The first-order valence-electron chi connectivity index (χ1n) is 8.41. The number of ether oxygens (including phenoxy) is 1. The zero-order valence-corrected chi connectivity index (χ0v) is 14.0. The maximum atomic E-state index is 12.0. The molecule has 0 bridgehead atoms. The van der Waals surface area contributed by atoms with Gasteiger partial charge in [-0.15, -0.1) is 0 Å². The van der Waals surface area contributed by atoms with Gasteiger partial charge in [0.25, 0.3) is 0 Å². The van der Waals surface area contributed by atoms with Crippen LogP contribution in [0.5, 0.6) is 0 Å². The summed E-state index contributed by atoms with van der Waals surface area (Å²) in [6.45, 7) is 6.14. The number of rotatable bonds is 5. The Kier molecular flexibility index (Phi) is 4.95. The number of esters is 1. The molecule has 0 radical (unpaired) electrons. The quantitative estimate of drug-likeness (QED) is 0.569. The molecule has 0 atom stereocenters. The summed E-state index contributed by atoms with van der Waals surface area (Å²) < 4.78 is 5.11. The molecule has 0 N–H and O–H groups in total. The number of aryl methyl sites for hydroxylation is 1. The maximum Gasteiger partial charge on any atom is 0.333 e. The van der Waals surface area contributed by atoms with E-state index in [1.807, 2.05) is 25.1 Å². The highest BCUT2D eigenvalue weighted by Crippen LogP contribution is 2.40. The van der Waals surface area contributed by atoms with Crippen LogP contribution in [-0.4, -0.2) is 12.6 Å². The fourth-order valence-corrected chi connectivity index (χ4v) is 3.28. The SMILES string of the molecule is C=C(C/C(=C1/CCc2ccccc21)c1ccccc1)C(=O)OCC. The highest BCUT2D eigenvalue weighted by molar-refractivity contribution is 5.98. The second-order valence-electron chi connectivity index (χ2n) is 5.98. The van der Waals surface area contributed by atoms with E-state index in [-0.39, 0.29) is 5.97 Å². The number of allylic oxidation sites excluding steroid dienone is 2. The van der Waals surface area contributed by atoms with E-state index in [4.69, 9.17) is 4.74 Å². The van der Waals surface area contributed by atoms with Crippen molar-refractivity contribution in [2.24, 2.45) is 0 Å². The third-order valence-electron chi connectivity index (χ3n) is 4.43. The van der Waals surface area contributed by atoms with Crippen LogP contribution in [0.4, 0.5) is 0 Å². The van der Waals surface area contributed by atoms with E-state index in [1.165, 1.54) is 22.3 Å². The molecule has 122 valence electrons. The Morgan fingerprint density at radius 2 is 1.75 bits per heavy atom. The van der Waals surface area contributed by atoms with Crippen LogP contribution in [-0.2, 0) is 16.0 Å². The Hall–Kier alpha value is -2.61. The summed E-state index contributed by atoms with van der Waals surface area (Å²) in [6, 6.07) is 18.8. The van der Waals surface area contributed by atoms with E-state index in [9.17, 15) is 4.79 Å². The molecule has 3 rings (SSSR count). The van der Waals surface area contributed by atoms with Crippen molar-refractivity contribution in [3.8, 4) is 0 Å². The minimum atomic E-state index is -0.308. The second-order valence-corrected chi connectivity index (χ2v) is 5.98. The van der Waals surface area contributed by atoms with Crippen LogP contribution in [0.3, 0.4) is 0 Å². The van der Waals surface area contributed by atoms with Crippen molar-refractivity contribution in [1.29, 1.82) is 0 Å². The van der Waals surface area contributed by atoms with Crippen molar-refractivity contribution in [3.05, 3.63) is 83.4 Å². The van der Waals surface area contributed by atoms with Crippen molar-refractivity contribution in [1.82, 2.24) is 0 Å². The minimum Gasteiger partial charge on any atom is -0.463 e. The van der Waals surface area contributed by atoms with Gasteiger partial charge in [0.15, 0.2) is 0 Å². The van der Waals surface area contributed by atoms with E-state index < -0.39 is 0 Å². The molecular formula is C22H22O2. The van der Waals surface area contributed by atoms with Crippen LogP contribution >= 0.6 is 0 Å². The topological polar surface area (TPSA) is 26.3 Å². The molecule has 0 aromatic heterocycles. The molecule has 2 heteroatoms. The molecule has 0 saturated heterocycles. The third-order valence-corrected chi connectivity index (χ3v) is 4.43. The van der Waals surface area contributed by atoms with Crippen molar-refractivity contribution < 1.29 is 9.53 Å². The maximum absolute atomic E-state index is 12.0. The number of carbonyl (C=O) groups is 1. The molecule has 0 spiro atoms. The van der Waals surface area contributed by atoms with Crippen molar-refractivity contribution in [2.45, 2.75) is 26.2 Å². The van der Waals surface area contributed by atoms with E-state index in [0.29, 0.717) is 18.6 Å². The lowest BCUT2D eigenvalue weighted by Crippen LogP contribution is -2.07. The van der Waals surface area contributed by atoms with Gasteiger partial charge in [0.2, 0.25) is 0 Å². The molecule has 1 aliphatic carbocycles. The molecule has 0 aliphatic heterocycles. The number of carbonyl (C=O) groups excluding carboxylic acids is 1. The van der Waals surface area contributed by atoms with E-state index in [0.717, 1.165) is 18.4 Å². The molecule has 0 saturated carbocycles. The molecule has 0 heterocycles. The standard InChI is InChI=1S/C22H22O2/c1-3-24-22(23)16(2)15-21(17-9-5-4-6-10-17)20-14-13-18-11-7-8-12-19(18)20/h4-12H,2-3,13-15H2,1H3/b21-20+. The third kappa shape index (κ3) is 3.33. The Morgan fingerprint density at radius 1 is 1.04 bits per heavy atom. The molecule has 2 nitrogen and oxygen atoms in total. The molecule has 0 unspecified atom stereocenters. The van der Waals surface area contributed by atoms with Gasteiger partial charge in [-0.2, -0.15) is 0 Å². The fourth-order valence-electron chi connectivity index (χ4n) is 3.28. The van der Waals surface area contributed by atoms with Gasteiger partial charge in [0.05, 0.1) is 6.61 Å². The number of benzene rings is 2. The first-order chi connectivity index (χ1) is 11.7. The van der Waals surface area contributed by atoms with Crippen LogP contribution in [0.15, 0.2) is 66.7 Å². The molecule has 2 aromatic rings. The summed E-state index contributed by atoms with van der Waals surface area (Å²) in [5.74, 6) is -0.308. The van der Waals surface area contributed by atoms with Gasteiger partial charge in [-0.25, -0.2) is 4.79 Å². The number of fused-ring (bicyclic) bond motifs is 1. The summed E-state index contributed by atoms with van der Waals surface area (Å²) in [5, 5.41) is 0. The lowest BCUT2D eigenvalue weighted by Gasteiger charge is -2.14. The summed E-state index contributed by atoms with van der Waals surface area (Å²) in [7, 11) is 0. The van der Waals surface area contributed by atoms with Crippen molar-refractivity contribution in [3.63, 3.8) is 0 Å². The van der Waals surface area contributed by atoms with Crippen molar-refractivity contribution in [2.75, 3.05) is 6.61 Å². The highest BCUT2D eigenvalue weighted by atomic mass is 16.5. The molecule has 0 fully saturated rings. The average molecular weight is 318 g/mol. The van der Waals surface area contributed by atoms with Crippen LogP contribution in [0, 0.1) is 0 Å². The fraction of sp³-hybridized carbons (Fsp3) is 0.227. The Morgan fingerprint density at radius 3 is 2.50 bits per heavy atom. The summed E-state index contributed by atoms with van der Waals surface area (Å²) in [5.41, 5.74) is 6.83. The molecule has 2 aromatic carbocycles. The minimum absolute atomic E-state index is 0.308. The van der Waals surface area contributed by atoms with E-state index in [2.05, 4.69) is 43.0 Å². The Balaban J connectivity index is 2.03. The number of hydrogen-bond donors (Lipinski definition) is 0. The molecular weight excluding hydrogens is 296 g/mol. The van der Waals surface area contributed by atoms with Gasteiger partial charge in [-0.1, -0.05) is 61.2 Å². The summed E-state index contributed by atoms with van der Waals surface area (Å²) >= 11 is 0. The summed E-state index contributed by atoms with van der Waals surface area (Å²) in [6.07, 6.45) is 2.57. The van der Waals surface area contributed by atoms with Crippen LogP contribution in [0.1, 0.15) is 36.5 Å². The Labute approximate surface area is 143 Å². The number of hydrogen-bond acceptors (Lipinski definition) is 2. The summed E-state index contributed by atoms with van der Waals surface area (Å²) in [4.78, 5) is 12.0. The van der Waals surface area contributed by atoms with Gasteiger partial charge in [-0.05, 0) is 47.6 Å². The van der Waals surface area contributed by atoms with Gasteiger partial charge in [0, 0.05) is 12.0 Å². The van der Waals surface area contributed by atoms with Gasteiger partial charge >= 0.3 is 5.97 Å². The predicted octanol–water partition coefficient (Wildman–Crippen LogP) is 5.05. The predicted molar refractivity (Wildman–Crippen MR) is 98.4 cm³/mol. The molecule has 1 aliphatic rings. The van der Waals surface area contributed by atoms with Gasteiger partial charge < -0.3 is 4.74 Å². The second kappa shape index (κ2) is 7.31. The van der Waals surface area contributed by atoms with Crippen LogP contribution < -0.4 is 0 Å². The van der Waals surface area contributed by atoms with E-state index >= 15 is 0 Å². The highest BCUT2D eigenvalue weighted by Gasteiger charge is 2.22. The van der Waals surface area contributed by atoms with Crippen LogP contribution in [0.2, 0.25) is 0 Å². The van der Waals surface area contributed by atoms with E-state index in [1.54, 1.807) is 0 Å². The molecule has 24 heavy (non-hydrogen) atoms. The lowest BCUT2D eigenvalue weighted by molar-refractivity contribution is -0.138. The average Bonchev–Trinajstić information content (AvgIpc) is 3.04. The smallest absolute Gasteiger partial charge is 0.333 e. The first kappa shape index (κ1) is 16.3. The van der Waals surface area contributed by atoms with Gasteiger partial charge in [0.1, 0.15) is 0 Å². The van der Waals surface area contributed by atoms with Crippen molar-refractivity contribution >= 4 is 17.1 Å². The zero-order valence-electron chi connectivity index (χ0n) is 14.0. The van der Waals surface area contributed by atoms with Crippen LogP contribution in [0.25, 0.3) is 11.1 Å². The normalized spacial score (nSPS) is 14.9. The Bertz CT molecular complexity index is 785. The monoisotopic (exact) mass is 318 g/mol. The lowest BCUT2D eigenvalue weighted by atomic mass is 9.91. The zero-order chi connectivity index (χ0) is 16.9. The largest absolute Gasteiger partial charge is 0.463 e. The first-order valence-corrected chi connectivity index (χ1v) is 8.41.